The third kappa shape index (κ3) is 5.25. The van der Waals surface area contributed by atoms with Crippen molar-refractivity contribution >= 4 is 40.7 Å². The Balaban J connectivity index is 0.00000200. The van der Waals surface area contributed by atoms with Crippen LogP contribution in [0.25, 0.3) is 0 Å². The van der Waals surface area contributed by atoms with Crippen LogP contribution in [0.4, 0.5) is 17.6 Å². The number of benzene rings is 1. The molecule has 1 heterocycles. The molecule has 0 radical (unpaired) electrons. The maximum Gasteiger partial charge on any atom is 0.408 e. The lowest BCUT2D eigenvalue weighted by Gasteiger charge is -2.36. The molecule has 0 saturated carbocycles. The van der Waals surface area contributed by atoms with Crippen LogP contribution in [-0.4, -0.2) is 37.3 Å². The van der Waals surface area contributed by atoms with Crippen molar-refractivity contribution in [2.24, 2.45) is 0 Å². The zero-order valence-corrected chi connectivity index (χ0v) is 14.0. The number of halogens is 7. The predicted molar refractivity (Wildman–Crippen MR) is 81.8 cm³/mol. The number of nitrogens with one attached hydrogen (secondary N) is 1. The minimum atomic E-state index is -4.38. The fraction of sp³-hybridized carbons (Fsp3) is 0.500. The van der Waals surface area contributed by atoms with Crippen LogP contribution in [0.15, 0.2) is 22.7 Å². The SMILES string of the molecule is Cl.Cl.Fc1ccc([C@H](N2CCNCC2)C(F)(F)F)cc1Br. The second-order valence-electron chi connectivity index (χ2n) is 4.40. The smallest absolute Gasteiger partial charge is 0.314 e. The average molecular weight is 414 g/mol. The largest absolute Gasteiger partial charge is 0.408 e. The van der Waals surface area contributed by atoms with E-state index in [2.05, 4.69) is 21.2 Å². The molecular weight excluding hydrogens is 399 g/mol. The molecule has 21 heavy (non-hydrogen) atoms. The van der Waals surface area contributed by atoms with Gasteiger partial charge in [-0.15, -0.1) is 24.8 Å². The van der Waals surface area contributed by atoms with Gasteiger partial charge in [-0.1, -0.05) is 6.07 Å². The summed E-state index contributed by atoms with van der Waals surface area (Å²) in [5.41, 5.74) is 0.0580. The molecule has 1 fully saturated rings. The molecule has 0 aromatic heterocycles. The summed E-state index contributed by atoms with van der Waals surface area (Å²) in [6, 6.07) is 1.77. The Bertz CT molecular complexity index is 453. The first-order valence-corrected chi connectivity index (χ1v) is 6.65. The molecule has 0 bridgehead atoms. The molecule has 1 N–H and O–H groups in total. The monoisotopic (exact) mass is 412 g/mol. The maximum absolute atomic E-state index is 13.3. The van der Waals surface area contributed by atoms with Gasteiger partial charge in [0.05, 0.1) is 4.47 Å². The summed E-state index contributed by atoms with van der Waals surface area (Å²) in [4.78, 5) is 1.37. The molecule has 0 unspecified atom stereocenters. The number of hydrogen-bond donors (Lipinski definition) is 1. The van der Waals surface area contributed by atoms with Crippen molar-refractivity contribution < 1.29 is 17.6 Å². The Morgan fingerprint density at radius 3 is 2.19 bits per heavy atom. The van der Waals surface area contributed by atoms with Crippen molar-refractivity contribution in [1.82, 2.24) is 10.2 Å². The second-order valence-corrected chi connectivity index (χ2v) is 5.26. The van der Waals surface area contributed by atoms with Gasteiger partial charge in [-0.05, 0) is 33.6 Å². The first-order chi connectivity index (χ1) is 8.89. The first-order valence-electron chi connectivity index (χ1n) is 5.86. The molecule has 1 atom stereocenters. The molecule has 2 nitrogen and oxygen atoms in total. The molecule has 122 valence electrons. The van der Waals surface area contributed by atoms with Gasteiger partial charge in [-0.25, -0.2) is 4.39 Å². The Kier molecular flexibility index (Phi) is 8.49. The van der Waals surface area contributed by atoms with E-state index < -0.39 is 18.0 Å². The van der Waals surface area contributed by atoms with Crippen LogP contribution in [0, 0.1) is 5.82 Å². The summed E-state index contributed by atoms with van der Waals surface area (Å²) in [5.74, 6) is -0.565. The van der Waals surface area contributed by atoms with Crippen LogP contribution in [0.1, 0.15) is 11.6 Å². The van der Waals surface area contributed by atoms with Gasteiger partial charge in [-0.2, -0.15) is 13.2 Å². The van der Waals surface area contributed by atoms with Gasteiger partial charge < -0.3 is 5.32 Å². The Hall–Kier alpha value is -0.0800. The van der Waals surface area contributed by atoms with Gasteiger partial charge in [0, 0.05) is 26.2 Å². The molecule has 1 aromatic carbocycles. The minimum absolute atomic E-state index is 0. The summed E-state index contributed by atoms with van der Waals surface area (Å²) < 4.78 is 53.0. The van der Waals surface area contributed by atoms with Gasteiger partial charge in [-0.3, -0.25) is 4.90 Å². The van der Waals surface area contributed by atoms with Crippen molar-refractivity contribution in [3.63, 3.8) is 0 Å². The summed E-state index contributed by atoms with van der Waals surface area (Å²) >= 11 is 2.93. The molecule has 1 saturated heterocycles. The van der Waals surface area contributed by atoms with Gasteiger partial charge in [0.2, 0.25) is 0 Å². The van der Waals surface area contributed by atoms with Crippen LogP contribution in [0.2, 0.25) is 0 Å². The standard InChI is InChI=1S/C12H13BrF4N2.2ClH/c13-9-7-8(1-2-10(9)14)11(12(15,16)17)19-5-3-18-4-6-19;;/h1-2,7,11,18H,3-6H2;2*1H/t11-;;/m0../s1. The number of hydrogen-bond acceptors (Lipinski definition) is 2. The van der Waals surface area contributed by atoms with Crippen molar-refractivity contribution in [3.05, 3.63) is 34.1 Å². The van der Waals surface area contributed by atoms with E-state index in [0.717, 1.165) is 6.07 Å². The third-order valence-electron chi connectivity index (χ3n) is 3.09. The highest BCUT2D eigenvalue weighted by Gasteiger charge is 2.44. The van der Waals surface area contributed by atoms with Gasteiger partial charge >= 0.3 is 6.18 Å². The molecular formula is C12H15BrCl2F4N2. The molecule has 0 spiro atoms. The van der Waals surface area contributed by atoms with E-state index in [1.54, 1.807) is 0 Å². The van der Waals surface area contributed by atoms with Crippen LogP contribution in [-0.2, 0) is 0 Å². The number of rotatable bonds is 2. The quantitative estimate of drug-likeness (QED) is 0.738. The summed E-state index contributed by atoms with van der Waals surface area (Å²) in [7, 11) is 0. The van der Waals surface area contributed by atoms with Gasteiger partial charge in [0.15, 0.2) is 0 Å². The minimum Gasteiger partial charge on any atom is -0.314 e. The Labute approximate surface area is 141 Å². The van der Waals surface area contributed by atoms with Crippen molar-refractivity contribution in [3.8, 4) is 0 Å². The lowest BCUT2D eigenvalue weighted by Crippen LogP contribution is -2.49. The van der Waals surface area contributed by atoms with Gasteiger partial charge in [0.1, 0.15) is 11.9 Å². The first kappa shape index (κ1) is 20.9. The lowest BCUT2D eigenvalue weighted by atomic mass is 10.0. The lowest BCUT2D eigenvalue weighted by molar-refractivity contribution is -0.187. The van der Waals surface area contributed by atoms with Crippen LogP contribution in [0.3, 0.4) is 0 Å². The van der Waals surface area contributed by atoms with E-state index in [9.17, 15) is 17.6 Å². The molecule has 9 heteroatoms. The van der Waals surface area contributed by atoms with Crippen molar-refractivity contribution in [2.75, 3.05) is 26.2 Å². The van der Waals surface area contributed by atoms with Crippen LogP contribution >= 0.6 is 40.7 Å². The maximum atomic E-state index is 13.3. The summed E-state index contributed by atoms with van der Waals surface area (Å²) in [6.45, 7) is 1.68. The van der Waals surface area contributed by atoms with E-state index in [4.69, 9.17) is 0 Å². The average Bonchev–Trinajstić information content (AvgIpc) is 2.34. The number of nitrogens with zero attached hydrogens (tertiary/aromatic N) is 1. The van der Waals surface area contributed by atoms with E-state index in [1.807, 2.05) is 0 Å². The second kappa shape index (κ2) is 8.53. The number of alkyl halides is 3. The zero-order valence-electron chi connectivity index (χ0n) is 10.8. The fourth-order valence-corrected chi connectivity index (χ4v) is 2.63. The summed E-state index contributed by atoms with van der Waals surface area (Å²) in [5, 5.41) is 3.01. The van der Waals surface area contributed by atoms with Gasteiger partial charge in [0.25, 0.3) is 0 Å². The summed E-state index contributed by atoms with van der Waals surface area (Å²) in [6.07, 6.45) is -4.38. The topological polar surface area (TPSA) is 15.3 Å². The van der Waals surface area contributed by atoms with Crippen LogP contribution < -0.4 is 5.32 Å². The highest BCUT2D eigenvalue weighted by Crippen LogP contribution is 2.38. The molecule has 0 aliphatic carbocycles. The molecule has 1 aliphatic heterocycles. The highest BCUT2D eigenvalue weighted by atomic mass is 79.9. The van der Waals surface area contributed by atoms with E-state index in [1.165, 1.54) is 17.0 Å². The van der Waals surface area contributed by atoms with E-state index in [0.29, 0.717) is 26.2 Å². The fourth-order valence-electron chi connectivity index (χ4n) is 2.23. The van der Waals surface area contributed by atoms with E-state index >= 15 is 0 Å². The van der Waals surface area contributed by atoms with Crippen LogP contribution in [0.5, 0.6) is 0 Å². The number of piperazine rings is 1. The molecule has 1 aromatic rings. The molecule has 2 rings (SSSR count). The van der Waals surface area contributed by atoms with Crippen molar-refractivity contribution in [2.45, 2.75) is 12.2 Å². The normalized spacial score (nSPS) is 17.6. The predicted octanol–water partition coefficient (Wildman–Crippen LogP) is 3.94. The Morgan fingerprint density at radius 2 is 1.71 bits per heavy atom. The van der Waals surface area contributed by atoms with E-state index in [-0.39, 0.29) is 34.9 Å². The highest BCUT2D eigenvalue weighted by molar-refractivity contribution is 9.10. The molecule has 1 aliphatic rings. The third-order valence-corrected chi connectivity index (χ3v) is 3.69. The van der Waals surface area contributed by atoms with Crippen molar-refractivity contribution in [1.29, 1.82) is 0 Å². The molecule has 0 amide bonds. The zero-order chi connectivity index (χ0) is 14.0. The Morgan fingerprint density at radius 1 is 1.14 bits per heavy atom.